The summed E-state index contributed by atoms with van der Waals surface area (Å²) in [7, 11) is 0. The van der Waals surface area contributed by atoms with E-state index in [9.17, 15) is 13.2 Å². The van der Waals surface area contributed by atoms with Gasteiger partial charge in [0.15, 0.2) is 0 Å². The van der Waals surface area contributed by atoms with Crippen LogP contribution in [0.3, 0.4) is 0 Å². The summed E-state index contributed by atoms with van der Waals surface area (Å²) in [5, 5.41) is 0. The molecule has 0 aliphatic heterocycles. The highest BCUT2D eigenvalue weighted by Crippen LogP contribution is 2.30. The molecule has 0 saturated carbocycles. The number of hydrogen-bond acceptors (Lipinski definition) is 0. The van der Waals surface area contributed by atoms with Gasteiger partial charge in [-0.25, -0.2) is 0 Å². The lowest BCUT2D eigenvalue weighted by atomic mass is 10.0. The highest BCUT2D eigenvalue weighted by molar-refractivity contribution is 4.96. The van der Waals surface area contributed by atoms with Crippen LogP contribution in [0.2, 0.25) is 0 Å². The van der Waals surface area contributed by atoms with E-state index in [0.29, 0.717) is 6.42 Å². The summed E-state index contributed by atoms with van der Waals surface area (Å²) >= 11 is 0. The monoisotopic (exact) mass is 192 g/mol. The molecule has 0 spiro atoms. The molecule has 0 N–H and O–H groups in total. The molecular formula is C10H15F3. The van der Waals surface area contributed by atoms with Gasteiger partial charge in [0.05, 0.1) is 5.92 Å². The van der Waals surface area contributed by atoms with E-state index >= 15 is 0 Å². The van der Waals surface area contributed by atoms with Crippen LogP contribution >= 0.6 is 0 Å². The van der Waals surface area contributed by atoms with Crippen LogP contribution < -0.4 is 0 Å². The van der Waals surface area contributed by atoms with E-state index in [2.05, 4.69) is 0 Å². The standard InChI is InChI=1S/C10H15F3/c1-3-5-7-9(8-6-4-2)10(11,12)13/h3,5-6,8-9H,4,7H2,1-2H3/b5-3-,8-6+. The molecule has 1 atom stereocenters. The number of halogens is 3. The molecule has 0 nitrogen and oxygen atoms in total. The van der Waals surface area contributed by atoms with Crippen molar-refractivity contribution >= 4 is 0 Å². The van der Waals surface area contributed by atoms with Gasteiger partial charge in [-0.15, -0.1) is 0 Å². The highest BCUT2D eigenvalue weighted by Gasteiger charge is 2.36. The summed E-state index contributed by atoms with van der Waals surface area (Å²) in [5.74, 6) is -1.33. The zero-order valence-electron chi connectivity index (χ0n) is 7.93. The molecular weight excluding hydrogens is 177 g/mol. The molecule has 0 fully saturated rings. The van der Waals surface area contributed by atoms with Crippen molar-refractivity contribution in [1.82, 2.24) is 0 Å². The minimum atomic E-state index is -4.12. The number of rotatable bonds is 4. The summed E-state index contributed by atoms with van der Waals surface area (Å²) < 4.78 is 36.8. The average molecular weight is 192 g/mol. The molecule has 0 heterocycles. The molecule has 0 saturated heterocycles. The third-order valence-corrected chi connectivity index (χ3v) is 1.65. The van der Waals surface area contributed by atoms with Crippen LogP contribution in [0.5, 0.6) is 0 Å². The number of allylic oxidation sites excluding steroid dienone is 4. The van der Waals surface area contributed by atoms with Crippen molar-refractivity contribution < 1.29 is 13.2 Å². The maximum Gasteiger partial charge on any atom is 0.395 e. The van der Waals surface area contributed by atoms with Gasteiger partial charge >= 0.3 is 6.18 Å². The maximum atomic E-state index is 12.3. The van der Waals surface area contributed by atoms with Gasteiger partial charge in [-0.2, -0.15) is 13.2 Å². The molecule has 3 heteroatoms. The third kappa shape index (κ3) is 5.50. The fourth-order valence-electron chi connectivity index (χ4n) is 0.904. The molecule has 0 aromatic rings. The quantitative estimate of drug-likeness (QED) is 0.588. The lowest BCUT2D eigenvalue weighted by Crippen LogP contribution is -2.20. The van der Waals surface area contributed by atoms with Gasteiger partial charge in [0, 0.05) is 0 Å². The minimum absolute atomic E-state index is 0.0382. The van der Waals surface area contributed by atoms with Crippen molar-refractivity contribution in [3.63, 3.8) is 0 Å². The lowest BCUT2D eigenvalue weighted by molar-refractivity contribution is -0.160. The van der Waals surface area contributed by atoms with E-state index in [1.807, 2.05) is 6.92 Å². The zero-order valence-corrected chi connectivity index (χ0v) is 7.93. The molecule has 0 radical (unpaired) electrons. The summed E-state index contributed by atoms with van der Waals surface area (Å²) in [6, 6.07) is 0. The first kappa shape index (κ1) is 12.3. The van der Waals surface area contributed by atoms with Gasteiger partial charge in [-0.05, 0) is 19.8 Å². The SMILES string of the molecule is C/C=C\CC(/C=C/CC)C(F)(F)F. The van der Waals surface area contributed by atoms with Crippen molar-refractivity contribution in [2.45, 2.75) is 32.9 Å². The van der Waals surface area contributed by atoms with Crippen LogP contribution in [0.1, 0.15) is 26.7 Å². The molecule has 76 valence electrons. The van der Waals surface area contributed by atoms with Gasteiger partial charge in [0.2, 0.25) is 0 Å². The van der Waals surface area contributed by atoms with Gasteiger partial charge in [0.1, 0.15) is 0 Å². The van der Waals surface area contributed by atoms with E-state index in [-0.39, 0.29) is 6.42 Å². The second-order valence-corrected chi connectivity index (χ2v) is 2.79. The average Bonchev–Trinajstić information content (AvgIpc) is 2.02. The minimum Gasteiger partial charge on any atom is -0.170 e. The molecule has 1 unspecified atom stereocenters. The van der Waals surface area contributed by atoms with Gasteiger partial charge in [0.25, 0.3) is 0 Å². The Bertz CT molecular complexity index is 177. The van der Waals surface area contributed by atoms with E-state index in [0.717, 1.165) is 0 Å². The Kier molecular flexibility index (Phi) is 5.51. The zero-order chi connectivity index (χ0) is 10.3. The van der Waals surface area contributed by atoms with E-state index in [4.69, 9.17) is 0 Å². The molecule has 0 aliphatic carbocycles. The Hall–Kier alpha value is -0.730. The topological polar surface area (TPSA) is 0 Å². The van der Waals surface area contributed by atoms with E-state index in [1.165, 1.54) is 12.2 Å². The Morgan fingerprint density at radius 2 is 1.85 bits per heavy atom. The summed E-state index contributed by atoms with van der Waals surface area (Å²) in [4.78, 5) is 0. The van der Waals surface area contributed by atoms with E-state index < -0.39 is 12.1 Å². The largest absolute Gasteiger partial charge is 0.395 e. The Morgan fingerprint density at radius 3 is 2.23 bits per heavy atom. The van der Waals surface area contributed by atoms with Crippen LogP contribution in [-0.4, -0.2) is 6.18 Å². The summed E-state index contributed by atoms with van der Waals surface area (Å²) in [5.41, 5.74) is 0. The third-order valence-electron chi connectivity index (χ3n) is 1.65. The van der Waals surface area contributed by atoms with Crippen molar-refractivity contribution in [3.05, 3.63) is 24.3 Å². The lowest BCUT2D eigenvalue weighted by Gasteiger charge is -2.14. The summed E-state index contributed by atoms with van der Waals surface area (Å²) in [6.07, 6.45) is 2.53. The van der Waals surface area contributed by atoms with Crippen molar-refractivity contribution in [1.29, 1.82) is 0 Å². The van der Waals surface area contributed by atoms with Crippen LogP contribution in [-0.2, 0) is 0 Å². The molecule has 0 aromatic heterocycles. The van der Waals surface area contributed by atoms with Crippen molar-refractivity contribution in [3.8, 4) is 0 Å². The first-order chi connectivity index (χ1) is 6.02. The fraction of sp³-hybridized carbons (Fsp3) is 0.600. The first-order valence-corrected chi connectivity index (χ1v) is 4.36. The molecule has 0 bridgehead atoms. The van der Waals surface area contributed by atoms with Crippen LogP contribution in [0, 0.1) is 5.92 Å². The molecule has 0 rings (SSSR count). The van der Waals surface area contributed by atoms with Crippen molar-refractivity contribution in [2.75, 3.05) is 0 Å². The molecule has 0 aliphatic rings. The van der Waals surface area contributed by atoms with Crippen LogP contribution in [0.25, 0.3) is 0 Å². The highest BCUT2D eigenvalue weighted by atomic mass is 19.4. The molecule has 13 heavy (non-hydrogen) atoms. The van der Waals surface area contributed by atoms with Crippen LogP contribution in [0.4, 0.5) is 13.2 Å². The second-order valence-electron chi connectivity index (χ2n) is 2.79. The normalized spacial score (nSPS) is 15.8. The predicted octanol–water partition coefficient (Wildman–Crippen LogP) is 4.10. The van der Waals surface area contributed by atoms with Gasteiger partial charge in [-0.1, -0.05) is 31.2 Å². The van der Waals surface area contributed by atoms with Gasteiger partial charge in [-0.3, -0.25) is 0 Å². The maximum absolute atomic E-state index is 12.3. The molecule has 0 aromatic carbocycles. The first-order valence-electron chi connectivity index (χ1n) is 4.36. The Morgan fingerprint density at radius 1 is 1.23 bits per heavy atom. The Balaban J connectivity index is 4.28. The van der Waals surface area contributed by atoms with Crippen molar-refractivity contribution in [2.24, 2.45) is 5.92 Å². The fourth-order valence-corrected chi connectivity index (χ4v) is 0.904. The van der Waals surface area contributed by atoms with Gasteiger partial charge < -0.3 is 0 Å². The van der Waals surface area contributed by atoms with Crippen LogP contribution in [0.15, 0.2) is 24.3 Å². The van der Waals surface area contributed by atoms with E-state index in [1.54, 1.807) is 19.1 Å². The Labute approximate surface area is 77.1 Å². The predicted molar refractivity (Wildman–Crippen MR) is 48.4 cm³/mol. The number of hydrogen-bond donors (Lipinski definition) is 0. The smallest absolute Gasteiger partial charge is 0.170 e. The summed E-state index contributed by atoms with van der Waals surface area (Å²) in [6.45, 7) is 3.54. The number of alkyl halides is 3. The molecule has 0 amide bonds. The second kappa shape index (κ2) is 5.84.